The molecule has 1 aromatic heterocycles. The van der Waals surface area contributed by atoms with E-state index in [0.717, 1.165) is 30.5 Å². The summed E-state index contributed by atoms with van der Waals surface area (Å²) in [6.45, 7) is 3.79. The van der Waals surface area contributed by atoms with Gasteiger partial charge in [0.05, 0.1) is 7.05 Å². The number of quaternary nitrogens is 1. The van der Waals surface area contributed by atoms with E-state index in [1.165, 1.54) is 21.7 Å². The molecule has 0 fully saturated rings. The minimum atomic E-state index is -0.274. The Hall–Kier alpha value is -2.59. The van der Waals surface area contributed by atoms with Crippen molar-refractivity contribution in [1.29, 1.82) is 0 Å². The maximum atomic E-state index is 12.0. The van der Waals surface area contributed by atoms with Crippen molar-refractivity contribution in [2.45, 2.75) is 26.4 Å². The zero-order valence-electron chi connectivity index (χ0n) is 16.0. The number of fused-ring (bicyclic) bond motifs is 1. The van der Waals surface area contributed by atoms with Gasteiger partial charge in [0.25, 0.3) is 0 Å². The van der Waals surface area contributed by atoms with Crippen LogP contribution in [0.4, 0.5) is 5.69 Å². The van der Waals surface area contributed by atoms with E-state index >= 15 is 0 Å². The minimum absolute atomic E-state index is 0.274. The second kappa shape index (κ2) is 7.75. The van der Waals surface area contributed by atoms with Gasteiger partial charge in [0.1, 0.15) is 18.7 Å². The quantitative estimate of drug-likeness (QED) is 0.694. The third kappa shape index (κ3) is 4.14. The van der Waals surface area contributed by atoms with E-state index in [1.54, 1.807) is 6.07 Å². The van der Waals surface area contributed by atoms with E-state index in [4.69, 9.17) is 4.42 Å². The molecule has 0 aliphatic heterocycles. The third-order valence-electron chi connectivity index (χ3n) is 4.75. The summed E-state index contributed by atoms with van der Waals surface area (Å²) in [6.07, 6.45) is 0.929. The molecule has 1 atom stereocenters. The Morgan fingerprint density at radius 2 is 1.65 bits per heavy atom. The van der Waals surface area contributed by atoms with Crippen LogP contribution in [0, 0.1) is 0 Å². The van der Waals surface area contributed by atoms with Crippen molar-refractivity contribution >= 4 is 16.7 Å². The number of hydrogen-bond donors (Lipinski definition) is 1. The van der Waals surface area contributed by atoms with Crippen molar-refractivity contribution in [2.24, 2.45) is 0 Å². The molecule has 0 amide bonds. The number of benzene rings is 2. The van der Waals surface area contributed by atoms with Gasteiger partial charge in [0.2, 0.25) is 0 Å². The molecule has 3 rings (SSSR count). The van der Waals surface area contributed by atoms with Gasteiger partial charge < -0.3 is 14.2 Å². The summed E-state index contributed by atoms with van der Waals surface area (Å²) < 4.78 is 5.41. The molecular formula is C22H27N2O2+. The molecule has 1 heterocycles. The zero-order chi connectivity index (χ0) is 18.7. The molecular weight excluding hydrogens is 324 g/mol. The van der Waals surface area contributed by atoms with E-state index < -0.39 is 0 Å². The van der Waals surface area contributed by atoms with E-state index in [-0.39, 0.29) is 5.63 Å². The summed E-state index contributed by atoms with van der Waals surface area (Å²) in [6, 6.07) is 16.4. The van der Waals surface area contributed by atoms with Crippen molar-refractivity contribution in [1.82, 2.24) is 0 Å². The molecule has 4 heteroatoms. The zero-order valence-corrected chi connectivity index (χ0v) is 16.0. The summed E-state index contributed by atoms with van der Waals surface area (Å²) >= 11 is 0. The second-order valence-corrected chi connectivity index (χ2v) is 7.15. The van der Waals surface area contributed by atoms with Crippen molar-refractivity contribution in [3.8, 4) is 0 Å². The van der Waals surface area contributed by atoms with E-state index in [0.29, 0.717) is 5.58 Å². The average Bonchev–Trinajstić information content (AvgIpc) is 2.61. The molecule has 4 nitrogen and oxygen atoms in total. The van der Waals surface area contributed by atoms with Crippen LogP contribution in [0.15, 0.2) is 57.7 Å². The molecule has 1 unspecified atom stereocenters. The normalized spacial score (nSPS) is 12.3. The van der Waals surface area contributed by atoms with Gasteiger partial charge in [0, 0.05) is 42.4 Å². The fourth-order valence-corrected chi connectivity index (χ4v) is 3.29. The molecule has 0 saturated heterocycles. The lowest BCUT2D eigenvalue weighted by Crippen LogP contribution is -3.06. The highest BCUT2D eigenvalue weighted by Gasteiger charge is 2.12. The van der Waals surface area contributed by atoms with Crippen LogP contribution in [0.2, 0.25) is 0 Å². The van der Waals surface area contributed by atoms with Crippen molar-refractivity contribution in [3.63, 3.8) is 0 Å². The number of nitrogens with zero attached hydrogens (tertiary/aromatic N) is 1. The molecule has 0 saturated carbocycles. The van der Waals surface area contributed by atoms with Gasteiger partial charge in [-0.15, -0.1) is 0 Å². The molecule has 2 aromatic carbocycles. The molecule has 3 aromatic rings. The molecule has 0 spiro atoms. The molecule has 1 N–H and O–H groups in total. The standard InChI is InChI=1S/C22H26N2O2/c1-5-16-8-11-20-18(13-22(25)26-21(20)12-16)15-24(4)14-17-6-9-19(10-7-17)23(2)3/h6-13H,5,14-15H2,1-4H3/p+1. The molecule has 0 radical (unpaired) electrons. The van der Waals surface area contributed by atoms with Crippen molar-refractivity contribution in [2.75, 3.05) is 26.0 Å². The first-order valence-corrected chi connectivity index (χ1v) is 9.09. The third-order valence-corrected chi connectivity index (χ3v) is 4.75. The topological polar surface area (TPSA) is 37.9 Å². The Morgan fingerprint density at radius 3 is 2.31 bits per heavy atom. The van der Waals surface area contributed by atoms with Gasteiger partial charge in [-0.05, 0) is 30.2 Å². The first kappa shape index (κ1) is 18.2. The number of nitrogens with one attached hydrogen (secondary N) is 1. The molecule has 0 bridgehead atoms. The van der Waals surface area contributed by atoms with Gasteiger partial charge in [-0.25, -0.2) is 4.79 Å². The Balaban J connectivity index is 1.80. The predicted molar refractivity (Wildman–Crippen MR) is 107 cm³/mol. The largest absolute Gasteiger partial charge is 0.423 e. The summed E-state index contributed by atoms with van der Waals surface area (Å²) in [4.78, 5) is 15.4. The van der Waals surface area contributed by atoms with Crippen LogP contribution in [-0.4, -0.2) is 21.1 Å². The number of aryl methyl sites for hydroxylation is 1. The van der Waals surface area contributed by atoms with E-state index in [9.17, 15) is 4.79 Å². The fourth-order valence-electron chi connectivity index (χ4n) is 3.29. The van der Waals surface area contributed by atoms with Crippen LogP contribution in [-0.2, 0) is 19.5 Å². The predicted octanol–water partition coefficient (Wildman–Crippen LogP) is 2.64. The SMILES string of the molecule is CCc1ccc2c(C[NH+](C)Cc3ccc(N(C)C)cc3)cc(=O)oc2c1. The lowest BCUT2D eigenvalue weighted by atomic mass is 10.1. The Bertz CT molecular complexity index is 943. The molecule has 136 valence electrons. The van der Waals surface area contributed by atoms with Gasteiger partial charge in [-0.3, -0.25) is 0 Å². The molecule has 0 aliphatic carbocycles. The smallest absolute Gasteiger partial charge is 0.336 e. The number of anilines is 1. The second-order valence-electron chi connectivity index (χ2n) is 7.15. The fraction of sp³-hybridized carbons (Fsp3) is 0.318. The maximum absolute atomic E-state index is 12.0. The minimum Gasteiger partial charge on any atom is -0.423 e. The van der Waals surface area contributed by atoms with Gasteiger partial charge in [-0.1, -0.05) is 31.2 Å². The van der Waals surface area contributed by atoms with Crippen molar-refractivity contribution < 1.29 is 9.32 Å². The first-order valence-electron chi connectivity index (χ1n) is 9.09. The number of hydrogen-bond acceptors (Lipinski definition) is 3. The van der Waals surface area contributed by atoms with Crippen LogP contribution in [0.25, 0.3) is 11.0 Å². The highest BCUT2D eigenvalue weighted by Crippen LogP contribution is 2.18. The van der Waals surface area contributed by atoms with Crippen LogP contribution in [0.3, 0.4) is 0 Å². The lowest BCUT2D eigenvalue weighted by Gasteiger charge is -2.17. The summed E-state index contributed by atoms with van der Waals surface area (Å²) in [5.74, 6) is 0. The summed E-state index contributed by atoms with van der Waals surface area (Å²) in [5.41, 5.74) is 5.12. The van der Waals surface area contributed by atoms with E-state index in [2.05, 4.69) is 55.3 Å². The molecule has 26 heavy (non-hydrogen) atoms. The number of rotatable bonds is 6. The van der Waals surface area contributed by atoms with Gasteiger partial charge in [0.15, 0.2) is 0 Å². The Kier molecular flexibility index (Phi) is 5.43. The van der Waals surface area contributed by atoms with Crippen LogP contribution in [0.1, 0.15) is 23.6 Å². The highest BCUT2D eigenvalue weighted by molar-refractivity contribution is 5.80. The lowest BCUT2D eigenvalue weighted by molar-refractivity contribution is -0.907. The summed E-state index contributed by atoms with van der Waals surface area (Å²) in [7, 11) is 6.24. The highest BCUT2D eigenvalue weighted by atomic mass is 16.4. The average molecular weight is 351 g/mol. The van der Waals surface area contributed by atoms with Gasteiger partial charge >= 0.3 is 5.63 Å². The molecule has 0 aliphatic rings. The maximum Gasteiger partial charge on any atom is 0.336 e. The van der Waals surface area contributed by atoms with E-state index in [1.807, 2.05) is 20.2 Å². The van der Waals surface area contributed by atoms with Crippen LogP contribution >= 0.6 is 0 Å². The van der Waals surface area contributed by atoms with Crippen LogP contribution in [0.5, 0.6) is 0 Å². The summed E-state index contributed by atoms with van der Waals surface area (Å²) in [5, 5.41) is 1.03. The monoisotopic (exact) mass is 351 g/mol. The van der Waals surface area contributed by atoms with Crippen molar-refractivity contribution in [3.05, 3.63) is 75.6 Å². The van der Waals surface area contributed by atoms with Gasteiger partial charge in [-0.2, -0.15) is 0 Å². The Labute approximate surface area is 154 Å². The van der Waals surface area contributed by atoms with Crippen LogP contribution < -0.4 is 15.4 Å². The first-order chi connectivity index (χ1) is 12.5. The Morgan fingerprint density at radius 1 is 0.962 bits per heavy atom.